The van der Waals surface area contributed by atoms with Crippen LogP contribution in [0, 0.1) is 0 Å². The van der Waals surface area contributed by atoms with E-state index in [9.17, 15) is 0 Å². The Morgan fingerprint density at radius 3 is 2.39 bits per heavy atom. The molecule has 0 saturated heterocycles. The molecular weight excluding hydrogens is 292 g/mol. The fourth-order valence-corrected chi connectivity index (χ4v) is 1.84. The first-order valence-electron chi connectivity index (χ1n) is 7.51. The van der Waals surface area contributed by atoms with Gasteiger partial charge in [-0.15, -0.1) is 0 Å². The van der Waals surface area contributed by atoms with E-state index in [1.165, 1.54) is 0 Å². The van der Waals surface area contributed by atoms with E-state index in [4.69, 9.17) is 10.2 Å². The van der Waals surface area contributed by atoms with Crippen LogP contribution in [0.2, 0.25) is 0 Å². The van der Waals surface area contributed by atoms with Gasteiger partial charge in [0.1, 0.15) is 0 Å². The maximum absolute atomic E-state index is 9.05. The number of hydrogen-bond acceptors (Lipinski definition) is 5. The Morgan fingerprint density at radius 2 is 1.83 bits per heavy atom. The van der Waals surface area contributed by atoms with Gasteiger partial charge in [0, 0.05) is 18.8 Å². The Kier molecular flexibility index (Phi) is 9.23. The lowest BCUT2D eigenvalue weighted by Gasteiger charge is -2.22. The van der Waals surface area contributed by atoms with Crippen LogP contribution in [-0.2, 0) is 0 Å². The number of aliphatic hydroxyl groups is 2. The van der Waals surface area contributed by atoms with Crippen LogP contribution in [0.5, 0.6) is 0 Å². The Labute approximate surface area is 137 Å². The first-order valence-corrected chi connectivity index (χ1v) is 7.51. The number of nitrogens with zero attached hydrogens (tertiary/aromatic N) is 3. The molecule has 124 valence electrons. The summed E-state index contributed by atoms with van der Waals surface area (Å²) in [6, 6.07) is 7.45. The van der Waals surface area contributed by atoms with Crippen molar-refractivity contribution in [2.24, 2.45) is 10.2 Å². The number of benzene rings is 1. The number of allylic oxidation sites excluding steroid dienone is 3. The van der Waals surface area contributed by atoms with Crippen LogP contribution in [0.15, 0.2) is 71.2 Å². The van der Waals surface area contributed by atoms with Crippen LogP contribution in [0.1, 0.15) is 0 Å². The van der Waals surface area contributed by atoms with Gasteiger partial charge in [0.25, 0.3) is 0 Å². The molecule has 0 unspecified atom stereocenters. The van der Waals surface area contributed by atoms with Gasteiger partial charge in [-0.25, -0.2) is 0 Å². The second-order valence-electron chi connectivity index (χ2n) is 4.72. The summed E-state index contributed by atoms with van der Waals surface area (Å²) in [5.74, 6) is 0. The molecule has 0 spiro atoms. The third kappa shape index (κ3) is 7.51. The summed E-state index contributed by atoms with van der Waals surface area (Å²) >= 11 is 0. The second kappa shape index (κ2) is 11.3. The number of aliphatic hydroxyl groups excluding tert-OH is 2. The average Bonchev–Trinajstić information content (AvgIpc) is 2.57. The molecule has 0 aliphatic rings. The molecule has 6 nitrogen and oxygen atoms in total. The Hall–Kier alpha value is -2.28. The van der Waals surface area contributed by atoms with Gasteiger partial charge in [-0.2, -0.15) is 10.2 Å². The molecule has 0 saturated carbocycles. The standard InChI is InChI=1S/C17H24N4O2/c1-15(5-3-4-10-18-2)19-20-16-6-8-17(9-7-16)21(11-13-22)12-14-23/h3-10,18,22-23H,1,11-14H2,2H3/p+1. The molecule has 0 radical (unpaired) electrons. The highest BCUT2D eigenvalue weighted by Gasteiger charge is 2.04. The van der Waals surface area contributed by atoms with Gasteiger partial charge in [-0.3, -0.25) is 0 Å². The van der Waals surface area contributed by atoms with Crippen molar-refractivity contribution < 1.29 is 15.5 Å². The molecule has 23 heavy (non-hydrogen) atoms. The number of nitrogens with two attached hydrogens (primary N) is 1. The van der Waals surface area contributed by atoms with Crippen molar-refractivity contribution in [2.45, 2.75) is 0 Å². The molecule has 4 N–H and O–H groups in total. The molecule has 0 fully saturated rings. The molecule has 0 heterocycles. The second-order valence-corrected chi connectivity index (χ2v) is 4.72. The first kappa shape index (κ1) is 18.8. The molecule has 0 amide bonds. The van der Waals surface area contributed by atoms with Gasteiger partial charge in [0.2, 0.25) is 0 Å². The zero-order chi connectivity index (χ0) is 16.9. The molecule has 0 aliphatic heterocycles. The minimum absolute atomic E-state index is 0.0395. The van der Waals surface area contributed by atoms with E-state index in [0.717, 1.165) is 5.69 Å². The van der Waals surface area contributed by atoms with Crippen LogP contribution < -0.4 is 10.2 Å². The lowest BCUT2D eigenvalue weighted by atomic mass is 10.2. The van der Waals surface area contributed by atoms with Crippen LogP contribution in [-0.4, -0.2) is 43.6 Å². The lowest BCUT2D eigenvalue weighted by molar-refractivity contribution is -0.556. The Bertz CT molecular complexity index is 544. The Balaban J connectivity index is 2.65. The van der Waals surface area contributed by atoms with Gasteiger partial charge >= 0.3 is 0 Å². The van der Waals surface area contributed by atoms with Gasteiger partial charge in [-0.1, -0.05) is 12.7 Å². The highest BCUT2D eigenvalue weighted by atomic mass is 16.3. The van der Waals surface area contributed by atoms with E-state index in [-0.39, 0.29) is 13.2 Å². The smallest absolute Gasteiger partial charge is 0.0923 e. The van der Waals surface area contributed by atoms with Crippen LogP contribution in [0.3, 0.4) is 0 Å². The van der Waals surface area contributed by atoms with E-state index >= 15 is 0 Å². The normalized spacial score (nSPS) is 11.8. The highest BCUT2D eigenvalue weighted by Crippen LogP contribution is 2.20. The van der Waals surface area contributed by atoms with Crippen molar-refractivity contribution in [2.75, 3.05) is 38.3 Å². The fourth-order valence-electron chi connectivity index (χ4n) is 1.84. The number of rotatable bonds is 10. The van der Waals surface area contributed by atoms with Crippen molar-refractivity contribution >= 4 is 11.4 Å². The number of anilines is 1. The molecule has 6 heteroatoms. The maximum Gasteiger partial charge on any atom is 0.0923 e. The summed E-state index contributed by atoms with van der Waals surface area (Å²) in [7, 11) is 1.95. The van der Waals surface area contributed by atoms with E-state index in [2.05, 4.69) is 16.8 Å². The predicted molar refractivity (Wildman–Crippen MR) is 92.6 cm³/mol. The largest absolute Gasteiger partial charge is 0.395 e. The minimum Gasteiger partial charge on any atom is -0.395 e. The Morgan fingerprint density at radius 1 is 1.17 bits per heavy atom. The quantitative estimate of drug-likeness (QED) is 0.450. The number of hydrogen-bond donors (Lipinski definition) is 3. The van der Waals surface area contributed by atoms with E-state index in [1.807, 2.05) is 59.9 Å². The summed E-state index contributed by atoms with van der Waals surface area (Å²) in [5, 5.41) is 28.2. The van der Waals surface area contributed by atoms with Crippen molar-refractivity contribution in [1.29, 1.82) is 0 Å². The van der Waals surface area contributed by atoms with Gasteiger partial charge < -0.3 is 20.4 Å². The van der Waals surface area contributed by atoms with Crippen molar-refractivity contribution in [1.82, 2.24) is 0 Å². The predicted octanol–water partition coefficient (Wildman–Crippen LogP) is 1.34. The van der Waals surface area contributed by atoms with Crippen LogP contribution >= 0.6 is 0 Å². The van der Waals surface area contributed by atoms with Crippen LogP contribution in [0.25, 0.3) is 0 Å². The van der Waals surface area contributed by atoms with Gasteiger partial charge in [0.05, 0.1) is 37.8 Å². The summed E-state index contributed by atoms with van der Waals surface area (Å²) in [6.07, 6.45) is 7.45. The topological polar surface area (TPSA) is 85.0 Å². The summed E-state index contributed by atoms with van der Waals surface area (Å²) in [4.78, 5) is 1.90. The summed E-state index contributed by atoms with van der Waals surface area (Å²) in [5.41, 5.74) is 2.21. The van der Waals surface area contributed by atoms with E-state index in [1.54, 1.807) is 6.08 Å². The highest BCUT2D eigenvalue weighted by molar-refractivity contribution is 5.52. The zero-order valence-corrected chi connectivity index (χ0v) is 13.5. The van der Waals surface area contributed by atoms with E-state index < -0.39 is 0 Å². The van der Waals surface area contributed by atoms with Crippen molar-refractivity contribution in [3.05, 3.63) is 61.0 Å². The summed E-state index contributed by atoms with van der Waals surface area (Å²) in [6.45, 7) is 4.84. The van der Waals surface area contributed by atoms with E-state index in [0.29, 0.717) is 24.5 Å². The van der Waals surface area contributed by atoms with Crippen LogP contribution in [0.4, 0.5) is 11.4 Å². The number of azo groups is 1. The van der Waals surface area contributed by atoms with Gasteiger partial charge in [-0.05, 0) is 36.4 Å². The third-order valence-electron chi connectivity index (χ3n) is 2.95. The third-order valence-corrected chi connectivity index (χ3v) is 2.95. The number of quaternary nitrogens is 1. The first-order chi connectivity index (χ1) is 11.2. The molecule has 0 bridgehead atoms. The molecule has 0 aliphatic carbocycles. The minimum atomic E-state index is 0.0395. The SMILES string of the molecule is C=C(C=CC=C[NH2+]C)N=Nc1ccc(N(CCO)CCO)cc1. The molecule has 1 rings (SSSR count). The molecule has 1 aromatic rings. The molecule has 0 atom stereocenters. The maximum atomic E-state index is 9.05. The molecule has 1 aromatic carbocycles. The van der Waals surface area contributed by atoms with Crippen molar-refractivity contribution in [3.63, 3.8) is 0 Å². The molecular formula is C17H25N4O2+. The van der Waals surface area contributed by atoms with Gasteiger partial charge in [0.15, 0.2) is 0 Å². The monoisotopic (exact) mass is 317 g/mol. The summed E-state index contributed by atoms with van der Waals surface area (Å²) < 4.78 is 0. The fraction of sp³-hybridized carbons (Fsp3) is 0.294. The van der Waals surface area contributed by atoms with Crippen molar-refractivity contribution in [3.8, 4) is 0 Å². The average molecular weight is 317 g/mol. The zero-order valence-electron chi connectivity index (χ0n) is 13.5. The molecule has 0 aromatic heterocycles. The lowest BCUT2D eigenvalue weighted by Crippen LogP contribution is -2.72.